The molecule has 15 heavy (non-hydrogen) atoms. The summed E-state index contributed by atoms with van der Waals surface area (Å²) in [5, 5.41) is 20.4. The Bertz CT molecular complexity index is 342. The highest BCUT2D eigenvalue weighted by Crippen LogP contribution is 2.17. The normalized spacial score (nSPS) is 13.9. The zero-order valence-electron chi connectivity index (χ0n) is 8.21. The second kappa shape index (κ2) is 5.65. The zero-order valence-corrected chi connectivity index (χ0v) is 9.03. The third kappa shape index (κ3) is 3.47. The molecule has 2 N–H and O–H groups in total. The summed E-state index contributed by atoms with van der Waals surface area (Å²) in [4.78, 5) is 11.8. The molecule has 0 saturated heterocycles. The van der Waals surface area contributed by atoms with Gasteiger partial charge in [0.05, 0.1) is 4.88 Å². The van der Waals surface area contributed by atoms with E-state index >= 15 is 0 Å². The molecule has 0 aliphatic carbocycles. The Labute approximate surface area is 91.4 Å². The number of rotatable bonds is 5. The number of carbonyl (C=O) groups excluding carboxylic acids is 1. The van der Waals surface area contributed by atoms with Crippen molar-refractivity contribution in [2.24, 2.45) is 0 Å². The standard InChI is InChI=1S/C10H12O4S/c1-2-14-10(13)8(12)6-7(11)9-4-3-5-15-9/h3-6,10-11,13H,2H2,1H3/b7-6-. The van der Waals surface area contributed by atoms with Crippen LogP contribution in [0.4, 0.5) is 0 Å². The number of thiophene rings is 1. The van der Waals surface area contributed by atoms with E-state index in [0.717, 1.165) is 6.08 Å². The first-order valence-corrected chi connectivity index (χ1v) is 5.31. The van der Waals surface area contributed by atoms with Crippen molar-refractivity contribution < 1.29 is 19.7 Å². The van der Waals surface area contributed by atoms with Gasteiger partial charge in [0, 0.05) is 12.7 Å². The number of aliphatic hydroxyl groups is 2. The van der Waals surface area contributed by atoms with Crippen molar-refractivity contribution in [3.05, 3.63) is 28.5 Å². The Morgan fingerprint density at radius 3 is 3.00 bits per heavy atom. The Balaban J connectivity index is 2.67. The smallest absolute Gasteiger partial charge is 0.219 e. The first-order chi connectivity index (χ1) is 7.15. The van der Waals surface area contributed by atoms with Crippen molar-refractivity contribution in [3.8, 4) is 0 Å². The molecule has 0 aromatic carbocycles. The predicted molar refractivity (Wildman–Crippen MR) is 57.6 cm³/mol. The molecule has 1 aromatic heterocycles. The number of hydrogen-bond donors (Lipinski definition) is 2. The summed E-state index contributed by atoms with van der Waals surface area (Å²) in [6.45, 7) is 1.90. The van der Waals surface area contributed by atoms with Crippen LogP contribution in [0, 0.1) is 0 Å². The van der Waals surface area contributed by atoms with E-state index in [-0.39, 0.29) is 12.4 Å². The van der Waals surface area contributed by atoms with Crippen LogP contribution in [0.5, 0.6) is 0 Å². The highest BCUT2D eigenvalue weighted by atomic mass is 32.1. The molecule has 82 valence electrons. The topological polar surface area (TPSA) is 66.8 Å². The molecular formula is C10H12O4S. The molecule has 1 rings (SSSR count). The molecule has 0 radical (unpaired) electrons. The number of ketones is 1. The lowest BCUT2D eigenvalue weighted by Crippen LogP contribution is -2.22. The molecule has 0 saturated carbocycles. The third-order valence-corrected chi connectivity index (χ3v) is 2.51. The van der Waals surface area contributed by atoms with Crippen molar-refractivity contribution in [2.75, 3.05) is 6.61 Å². The van der Waals surface area contributed by atoms with Crippen molar-refractivity contribution in [2.45, 2.75) is 13.2 Å². The van der Waals surface area contributed by atoms with Crippen LogP contribution in [0.25, 0.3) is 5.76 Å². The monoisotopic (exact) mass is 228 g/mol. The lowest BCUT2D eigenvalue weighted by atomic mass is 10.3. The summed E-state index contributed by atoms with van der Waals surface area (Å²) in [6.07, 6.45) is -0.538. The molecule has 0 amide bonds. The maximum Gasteiger partial charge on any atom is 0.219 e. The largest absolute Gasteiger partial charge is 0.506 e. The first-order valence-electron chi connectivity index (χ1n) is 4.43. The van der Waals surface area contributed by atoms with Gasteiger partial charge in [-0.05, 0) is 18.4 Å². The van der Waals surface area contributed by atoms with Crippen LogP contribution >= 0.6 is 11.3 Å². The number of carbonyl (C=O) groups is 1. The molecule has 1 atom stereocenters. The highest BCUT2D eigenvalue weighted by molar-refractivity contribution is 7.11. The minimum absolute atomic E-state index is 0.159. The van der Waals surface area contributed by atoms with Gasteiger partial charge in [0.2, 0.25) is 12.1 Å². The SMILES string of the molecule is CCOC(O)C(=O)/C=C(\O)c1cccs1. The minimum Gasteiger partial charge on any atom is -0.506 e. The fraction of sp³-hybridized carbons (Fsp3) is 0.300. The Morgan fingerprint density at radius 2 is 2.47 bits per heavy atom. The van der Waals surface area contributed by atoms with Crippen molar-refractivity contribution in [3.63, 3.8) is 0 Å². The molecule has 4 nitrogen and oxygen atoms in total. The molecule has 0 aliphatic rings. The molecular weight excluding hydrogens is 216 g/mol. The second-order valence-corrected chi connectivity index (χ2v) is 3.66. The van der Waals surface area contributed by atoms with Crippen LogP contribution in [0.2, 0.25) is 0 Å². The molecule has 1 aromatic rings. The average Bonchev–Trinajstić information content (AvgIpc) is 2.70. The van der Waals surface area contributed by atoms with Gasteiger partial charge in [0.15, 0.2) is 0 Å². The minimum atomic E-state index is -1.50. The van der Waals surface area contributed by atoms with E-state index in [4.69, 9.17) is 5.11 Å². The van der Waals surface area contributed by atoms with Crippen LogP contribution in [-0.4, -0.2) is 28.9 Å². The van der Waals surface area contributed by atoms with E-state index in [0.29, 0.717) is 4.88 Å². The first kappa shape index (κ1) is 11.9. The fourth-order valence-corrected chi connectivity index (χ4v) is 1.58. The van der Waals surface area contributed by atoms with Crippen molar-refractivity contribution in [1.29, 1.82) is 0 Å². The number of hydrogen-bond acceptors (Lipinski definition) is 5. The molecule has 1 unspecified atom stereocenters. The zero-order chi connectivity index (χ0) is 11.3. The van der Waals surface area contributed by atoms with Gasteiger partial charge in [-0.2, -0.15) is 0 Å². The number of ether oxygens (including phenoxy) is 1. The fourth-order valence-electron chi connectivity index (χ4n) is 0.941. The summed E-state index contributed by atoms with van der Waals surface area (Å²) in [5.74, 6) is -0.823. The maximum absolute atomic E-state index is 11.2. The quantitative estimate of drug-likeness (QED) is 0.456. The van der Waals surface area contributed by atoms with Gasteiger partial charge < -0.3 is 14.9 Å². The van der Waals surface area contributed by atoms with Gasteiger partial charge in [-0.1, -0.05) is 6.07 Å². The van der Waals surface area contributed by atoms with E-state index in [2.05, 4.69) is 4.74 Å². The van der Waals surface area contributed by atoms with Crippen LogP contribution < -0.4 is 0 Å². The van der Waals surface area contributed by atoms with E-state index in [1.54, 1.807) is 24.4 Å². The predicted octanol–water partition coefficient (Wildman–Crippen LogP) is 1.57. The van der Waals surface area contributed by atoms with Crippen LogP contribution in [0.3, 0.4) is 0 Å². The summed E-state index contributed by atoms with van der Waals surface area (Å²) in [7, 11) is 0. The average molecular weight is 228 g/mol. The van der Waals surface area contributed by atoms with Gasteiger partial charge in [-0.3, -0.25) is 4.79 Å². The van der Waals surface area contributed by atoms with E-state index in [1.807, 2.05) is 0 Å². The van der Waals surface area contributed by atoms with Gasteiger partial charge in [0.1, 0.15) is 5.76 Å². The second-order valence-electron chi connectivity index (χ2n) is 2.72. The molecule has 0 aliphatic heterocycles. The van der Waals surface area contributed by atoms with Crippen LogP contribution in [0.1, 0.15) is 11.8 Å². The lowest BCUT2D eigenvalue weighted by Gasteiger charge is -2.05. The van der Waals surface area contributed by atoms with Gasteiger partial charge >= 0.3 is 0 Å². The third-order valence-electron chi connectivity index (χ3n) is 1.62. The van der Waals surface area contributed by atoms with Gasteiger partial charge in [-0.15, -0.1) is 11.3 Å². The number of aliphatic hydroxyl groups excluding tert-OH is 2. The Hall–Kier alpha value is -1.17. The lowest BCUT2D eigenvalue weighted by molar-refractivity contribution is -0.149. The van der Waals surface area contributed by atoms with E-state index in [9.17, 15) is 9.90 Å². The highest BCUT2D eigenvalue weighted by Gasteiger charge is 2.13. The maximum atomic E-state index is 11.2. The molecule has 0 bridgehead atoms. The van der Waals surface area contributed by atoms with Gasteiger partial charge in [0.25, 0.3) is 0 Å². The van der Waals surface area contributed by atoms with Crippen LogP contribution in [-0.2, 0) is 9.53 Å². The molecule has 0 spiro atoms. The molecule has 0 fully saturated rings. The van der Waals surface area contributed by atoms with Crippen LogP contribution in [0.15, 0.2) is 23.6 Å². The van der Waals surface area contributed by atoms with Gasteiger partial charge in [-0.25, -0.2) is 0 Å². The molecule has 5 heteroatoms. The van der Waals surface area contributed by atoms with E-state index < -0.39 is 12.1 Å². The molecule has 1 heterocycles. The Morgan fingerprint density at radius 1 is 1.73 bits per heavy atom. The summed E-state index contributed by atoms with van der Waals surface area (Å²) in [5.41, 5.74) is 0. The van der Waals surface area contributed by atoms with E-state index in [1.165, 1.54) is 11.3 Å². The summed E-state index contributed by atoms with van der Waals surface area (Å²) >= 11 is 1.31. The Kier molecular flexibility index (Phi) is 4.48. The van der Waals surface area contributed by atoms with Crippen molar-refractivity contribution >= 4 is 22.9 Å². The summed E-state index contributed by atoms with van der Waals surface area (Å²) < 4.78 is 4.68. The van der Waals surface area contributed by atoms with Crippen molar-refractivity contribution in [1.82, 2.24) is 0 Å². The summed E-state index contributed by atoms with van der Waals surface area (Å²) in [6, 6.07) is 3.43.